The average Bonchev–Trinajstić information content (AvgIpc) is 2.44. The van der Waals surface area contributed by atoms with E-state index >= 15 is 0 Å². The van der Waals surface area contributed by atoms with Crippen molar-refractivity contribution in [2.45, 2.75) is 19.0 Å². The maximum Gasteiger partial charge on any atom is 0.326 e. The number of hydrogen-bond donors (Lipinski definition) is 4. The van der Waals surface area contributed by atoms with Crippen LogP contribution in [0.2, 0.25) is 0 Å². The predicted octanol–water partition coefficient (Wildman–Crippen LogP) is 0.230. The van der Waals surface area contributed by atoms with Crippen molar-refractivity contribution in [3.8, 4) is 0 Å². The van der Waals surface area contributed by atoms with Crippen LogP contribution in [-0.4, -0.2) is 39.8 Å². The smallest absolute Gasteiger partial charge is 0.326 e. The fraction of sp³-hybridized carbons (Fsp3) is 0.333. The van der Waals surface area contributed by atoms with Gasteiger partial charge in [0.25, 0.3) is 5.69 Å². The summed E-state index contributed by atoms with van der Waals surface area (Å²) in [4.78, 5) is 32.6. The molecule has 9 nitrogen and oxygen atoms in total. The van der Waals surface area contributed by atoms with Gasteiger partial charge in [-0.3, -0.25) is 10.1 Å². The fourth-order valence-electron chi connectivity index (χ4n) is 1.61. The summed E-state index contributed by atoms with van der Waals surface area (Å²) in [7, 11) is 0. The van der Waals surface area contributed by atoms with Crippen LogP contribution in [-0.2, 0) is 11.3 Å². The summed E-state index contributed by atoms with van der Waals surface area (Å²) in [5.41, 5.74) is 0.162. The monoisotopic (exact) mass is 297 g/mol. The Labute approximate surface area is 119 Å². The normalized spacial score (nSPS) is 11.5. The molecular formula is C12H15N3O6. The van der Waals surface area contributed by atoms with Gasteiger partial charge in [-0.1, -0.05) is 18.2 Å². The molecule has 21 heavy (non-hydrogen) atoms. The average molecular weight is 297 g/mol. The Morgan fingerprint density at radius 2 is 2.00 bits per heavy atom. The molecule has 0 radical (unpaired) electrons. The molecular weight excluding hydrogens is 282 g/mol. The molecule has 0 saturated heterocycles. The summed E-state index contributed by atoms with van der Waals surface area (Å²) in [6.07, 6.45) is -0.131. The van der Waals surface area contributed by atoms with Crippen molar-refractivity contribution in [2.75, 3.05) is 6.61 Å². The number of rotatable bonds is 7. The second-order valence-corrected chi connectivity index (χ2v) is 4.12. The lowest BCUT2D eigenvalue weighted by Crippen LogP contribution is -2.46. The van der Waals surface area contributed by atoms with Crippen LogP contribution >= 0.6 is 0 Å². The minimum absolute atomic E-state index is 0.117. The summed E-state index contributed by atoms with van der Waals surface area (Å²) < 4.78 is 0. The third-order valence-corrected chi connectivity index (χ3v) is 2.65. The van der Waals surface area contributed by atoms with Gasteiger partial charge in [-0.15, -0.1) is 0 Å². The van der Waals surface area contributed by atoms with Crippen LogP contribution in [0.1, 0.15) is 12.0 Å². The van der Waals surface area contributed by atoms with Gasteiger partial charge in [-0.05, 0) is 0 Å². The van der Waals surface area contributed by atoms with Crippen LogP contribution in [0.5, 0.6) is 0 Å². The number of hydrogen-bond acceptors (Lipinski definition) is 5. The number of nitrogens with one attached hydrogen (secondary N) is 2. The van der Waals surface area contributed by atoms with Gasteiger partial charge in [-0.2, -0.15) is 0 Å². The Kier molecular flexibility index (Phi) is 6.08. The summed E-state index contributed by atoms with van der Waals surface area (Å²) in [5.74, 6) is -1.27. The third kappa shape index (κ3) is 5.07. The first-order chi connectivity index (χ1) is 9.95. The topological polar surface area (TPSA) is 142 Å². The molecule has 0 aliphatic heterocycles. The molecule has 114 valence electrons. The van der Waals surface area contributed by atoms with Crippen molar-refractivity contribution in [2.24, 2.45) is 0 Å². The number of nitrogens with zero attached hydrogens (tertiary/aromatic N) is 1. The molecule has 0 aliphatic rings. The highest BCUT2D eigenvalue weighted by Crippen LogP contribution is 2.16. The number of para-hydroxylation sites is 1. The first kappa shape index (κ1) is 16.4. The third-order valence-electron chi connectivity index (χ3n) is 2.65. The number of aliphatic carboxylic acids is 1. The highest BCUT2D eigenvalue weighted by molar-refractivity contribution is 5.82. The van der Waals surface area contributed by atoms with Crippen molar-refractivity contribution in [1.29, 1.82) is 0 Å². The van der Waals surface area contributed by atoms with E-state index in [-0.39, 0.29) is 25.3 Å². The number of carboxylic acid groups (broad SMARTS) is 1. The van der Waals surface area contributed by atoms with Crippen LogP contribution in [0, 0.1) is 10.1 Å². The summed E-state index contributed by atoms with van der Waals surface area (Å²) in [6.45, 7) is -0.504. The molecule has 0 bridgehead atoms. The standard InChI is InChI=1S/C12H15N3O6/c16-6-5-9(11(17)18)14-12(19)13-7-8-3-1-2-4-10(8)15(20)21/h1-4,9,16H,5-7H2,(H,17,18)(H2,13,14,19)/t9-/m0/s1. The lowest BCUT2D eigenvalue weighted by molar-refractivity contribution is -0.385. The number of carbonyl (C=O) groups is 2. The van der Waals surface area contributed by atoms with E-state index in [9.17, 15) is 19.7 Å². The number of carbonyl (C=O) groups excluding carboxylic acids is 1. The van der Waals surface area contributed by atoms with Gasteiger partial charge in [0, 0.05) is 24.7 Å². The lowest BCUT2D eigenvalue weighted by atomic mass is 10.2. The van der Waals surface area contributed by atoms with Crippen LogP contribution < -0.4 is 10.6 Å². The fourth-order valence-corrected chi connectivity index (χ4v) is 1.61. The summed E-state index contributed by atoms with van der Waals surface area (Å²) in [5, 5.41) is 32.8. The number of aliphatic hydroxyl groups is 1. The van der Waals surface area contributed by atoms with Crippen LogP contribution in [0.4, 0.5) is 10.5 Å². The van der Waals surface area contributed by atoms with Crippen molar-refractivity contribution >= 4 is 17.7 Å². The number of aliphatic hydroxyl groups excluding tert-OH is 1. The molecule has 1 rings (SSSR count). The zero-order chi connectivity index (χ0) is 15.8. The van der Waals surface area contributed by atoms with Gasteiger partial charge in [0.05, 0.1) is 11.5 Å². The Morgan fingerprint density at radius 3 is 2.57 bits per heavy atom. The Bertz CT molecular complexity index is 533. The van der Waals surface area contributed by atoms with E-state index in [1.807, 2.05) is 0 Å². The molecule has 0 spiro atoms. The molecule has 2 amide bonds. The number of nitro benzene ring substituents is 1. The van der Waals surface area contributed by atoms with Gasteiger partial charge in [-0.25, -0.2) is 9.59 Å². The largest absolute Gasteiger partial charge is 0.480 e. The van der Waals surface area contributed by atoms with E-state index in [0.717, 1.165) is 0 Å². The minimum Gasteiger partial charge on any atom is -0.480 e. The molecule has 1 aromatic rings. The highest BCUT2D eigenvalue weighted by Gasteiger charge is 2.19. The molecule has 0 aromatic heterocycles. The van der Waals surface area contributed by atoms with Gasteiger partial charge >= 0.3 is 12.0 Å². The minimum atomic E-state index is -1.27. The quantitative estimate of drug-likeness (QED) is 0.419. The lowest BCUT2D eigenvalue weighted by Gasteiger charge is -2.14. The predicted molar refractivity (Wildman–Crippen MR) is 71.6 cm³/mol. The maximum absolute atomic E-state index is 11.6. The second-order valence-electron chi connectivity index (χ2n) is 4.12. The van der Waals surface area contributed by atoms with E-state index in [4.69, 9.17) is 10.2 Å². The molecule has 0 heterocycles. The molecule has 0 fully saturated rings. The number of urea groups is 1. The first-order valence-corrected chi connectivity index (χ1v) is 6.06. The molecule has 1 aromatic carbocycles. The van der Waals surface area contributed by atoms with Gasteiger partial charge in [0.2, 0.25) is 0 Å². The molecule has 0 saturated carbocycles. The molecule has 9 heteroatoms. The Hall–Kier alpha value is -2.68. The van der Waals surface area contributed by atoms with Crippen molar-refractivity contribution in [3.05, 3.63) is 39.9 Å². The molecule has 4 N–H and O–H groups in total. The first-order valence-electron chi connectivity index (χ1n) is 6.06. The SMILES string of the molecule is O=C(NCc1ccccc1[N+](=O)[O-])N[C@@H](CCO)C(=O)O. The Morgan fingerprint density at radius 1 is 1.33 bits per heavy atom. The Balaban J connectivity index is 2.61. The van der Waals surface area contributed by atoms with Crippen molar-refractivity contribution < 1.29 is 24.7 Å². The van der Waals surface area contributed by atoms with Crippen LogP contribution in [0.25, 0.3) is 0 Å². The van der Waals surface area contributed by atoms with E-state index < -0.39 is 23.0 Å². The van der Waals surface area contributed by atoms with Crippen molar-refractivity contribution in [3.63, 3.8) is 0 Å². The summed E-state index contributed by atoms with van der Waals surface area (Å²) in [6, 6.07) is 3.88. The van der Waals surface area contributed by atoms with Crippen LogP contribution in [0.3, 0.4) is 0 Å². The summed E-state index contributed by atoms with van der Waals surface area (Å²) >= 11 is 0. The van der Waals surface area contributed by atoms with E-state index in [1.165, 1.54) is 18.2 Å². The number of benzene rings is 1. The van der Waals surface area contributed by atoms with Gasteiger partial charge < -0.3 is 20.8 Å². The van der Waals surface area contributed by atoms with Gasteiger partial charge in [0.15, 0.2) is 0 Å². The zero-order valence-electron chi connectivity index (χ0n) is 11.0. The van der Waals surface area contributed by atoms with Crippen LogP contribution in [0.15, 0.2) is 24.3 Å². The molecule has 0 unspecified atom stereocenters. The molecule has 1 atom stereocenters. The zero-order valence-corrected chi connectivity index (χ0v) is 11.0. The number of carboxylic acids is 1. The number of nitro groups is 1. The second kappa shape index (κ2) is 7.80. The maximum atomic E-state index is 11.6. The van der Waals surface area contributed by atoms with E-state index in [0.29, 0.717) is 5.56 Å². The van der Waals surface area contributed by atoms with E-state index in [1.54, 1.807) is 6.07 Å². The highest BCUT2D eigenvalue weighted by atomic mass is 16.6. The van der Waals surface area contributed by atoms with Crippen molar-refractivity contribution in [1.82, 2.24) is 10.6 Å². The number of amides is 2. The van der Waals surface area contributed by atoms with E-state index in [2.05, 4.69) is 10.6 Å². The molecule has 0 aliphatic carbocycles. The van der Waals surface area contributed by atoms with Gasteiger partial charge in [0.1, 0.15) is 6.04 Å².